The van der Waals surface area contributed by atoms with Crippen molar-refractivity contribution in [1.29, 1.82) is 0 Å². The zero-order valence-corrected chi connectivity index (χ0v) is 16.1. The van der Waals surface area contributed by atoms with E-state index < -0.39 is 5.41 Å². The first-order valence-electron chi connectivity index (χ1n) is 10.4. The largest absolute Gasteiger partial charge is 0.352 e. The number of benzene rings is 1. The van der Waals surface area contributed by atoms with Crippen LogP contribution in [0.25, 0.3) is 0 Å². The van der Waals surface area contributed by atoms with Gasteiger partial charge >= 0.3 is 0 Å². The summed E-state index contributed by atoms with van der Waals surface area (Å²) in [4.78, 5) is 13.2. The number of nitrogens with one attached hydrogen (secondary N) is 1. The summed E-state index contributed by atoms with van der Waals surface area (Å²) in [5, 5.41) is 3.51. The zero-order valence-electron chi connectivity index (χ0n) is 16.1. The Morgan fingerprint density at radius 3 is 2.32 bits per heavy atom. The molecule has 0 unspecified atom stereocenters. The summed E-state index contributed by atoms with van der Waals surface area (Å²) in [5.41, 5.74) is 2.04. The summed E-state index contributed by atoms with van der Waals surface area (Å²) in [5.74, 6) is 3.60. The van der Waals surface area contributed by atoms with Crippen molar-refractivity contribution in [3.05, 3.63) is 35.4 Å². The molecular formula is C23H33NO. The van der Waals surface area contributed by atoms with Gasteiger partial charge in [0.15, 0.2) is 0 Å². The molecule has 4 bridgehead atoms. The van der Waals surface area contributed by atoms with Crippen LogP contribution in [0.4, 0.5) is 0 Å². The minimum atomic E-state index is -0.460. The van der Waals surface area contributed by atoms with E-state index in [-0.39, 0.29) is 5.91 Å². The summed E-state index contributed by atoms with van der Waals surface area (Å²) in [6.45, 7) is 6.38. The molecule has 1 aromatic rings. The first-order valence-corrected chi connectivity index (χ1v) is 10.4. The summed E-state index contributed by atoms with van der Waals surface area (Å²) in [6, 6.07) is 9.07. The number of amides is 1. The van der Waals surface area contributed by atoms with Gasteiger partial charge in [0.25, 0.3) is 0 Å². The van der Waals surface area contributed by atoms with Crippen LogP contribution in [0, 0.1) is 23.7 Å². The molecule has 0 spiro atoms. The fraction of sp³-hybridized carbons (Fsp3) is 0.696. The molecule has 0 atom stereocenters. The van der Waals surface area contributed by atoms with Crippen molar-refractivity contribution < 1.29 is 4.79 Å². The Balaban J connectivity index is 1.49. The first-order chi connectivity index (χ1) is 12.0. The third-order valence-electron chi connectivity index (χ3n) is 7.28. The molecule has 1 aromatic carbocycles. The lowest BCUT2D eigenvalue weighted by molar-refractivity contribution is -0.129. The number of aryl methyl sites for hydroxylation is 1. The highest BCUT2D eigenvalue weighted by molar-refractivity contribution is 5.87. The lowest BCUT2D eigenvalue weighted by Crippen LogP contribution is -2.58. The lowest BCUT2D eigenvalue weighted by atomic mass is 9.54. The van der Waals surface area contributed by atoms with Crippen molar-refractivity contribution in [2.45, 2.75) is 77.2 Å². The predicted molar refractivity (Wildman–Crippen MR) is 102 cm³/mol. The van der Waals surface area contributed by atoms with E-state index in [1.165, 1.54) is 37.7 Å². The van der Waals surface area contributed by atoms with Crippen molar-refractivity contribution in [3.8, 4) is 0 Å². The molecule has 2 heteroatoms. The number of rotatable bonds is 5. The quantitative estimate of drug-likeness (QED) is 0.815. The van der Waals surface area contributed by atoms with Gasteiger partial charge in [-0.2, -0.15) is 0 Å². The van der Waals surface area contributed by atoms with Gasteiger partial charge in [0.05, 0.1) is 5.41 Å². The Morgan fingerprint density at radius 1 is 1.08 bits per heavy atom. The average Bonchev–Trinajstić information content (AvgIpc) is 2.58. The van der Waals surface area contributed by atoms with E-state index in [1.54, 1.807) is 0 Å². The minimum Gasteiger partial charge on any atom is -0.352 e. The smallest absolute Gasteiger partial charge is 0.230 e. The number of carbonyl (C=O) groups excluding carboxylic acids is 1. The topological polar surface area (TPSA) is 29.1 Å². The predicted octanol–water partition coefficient (Wildman–Crippen LogP) is 4.86. The Hall–Kier alpha value is -1.31. The summed E-state index contributed by atoms with van der Waals surface area (Å²) >= 11 is 0. The van der Waals surface area contributed by atoms with E-state index in [4.69, 9.17) is 0 Å². The standard InChI is InChI=1S/C23H33NO/c1-4-6-15-7-5-8-20(14-15)23(2,3)22(25)24-21-18-10-16-9-17(12-18)13-19(21)11-16/h5,7-8,14,16-19,21H,4,6,9-13H2,1-3H3,(H,24,25). The van der Waals surface area contributed by atoms with Crippen LogP contribution in [-0.4, -0.2) is 11.9 Å². The van der Waals surface area contributed by atoms with Gasteiger partial charge in [-0.15, -0.1) is 0 Å². The van der Waals surface area contributed by atoms with Gasteiger partial charge in [0.1, 0.15) is 0 Å². The molecule has 5 rings (SSSR count). The van der Waals surface area contributed by atoms with Gasteiger partial charge in [0.2, 0.25) is 5.91 Å². The van der Waals surface area contributed by atoms with Gasteiger partial charge in [-0.25, -0.2) is 0 Å². The third kappa shape index (κ3) is 3.13. The maximum atomic E-state index is 13.2. The minimum absolute atomic E-state index is 0.221. The van der Waals surface area contributed by atoms with Crippen molar-refractivity contribution in [2.24, 2.45) is 23.7 Å². The van der Waals surface area contributed by atoms with Crippen molar-refractivity contribution in [1.82, 2.24) is 5.32 Å². The summed E-state index contributed by atoms with van der Waals surface area (Å²) in [7, 11) is 0. The number of hydrogen-bond acceptors (Lipinski definition) is 1. The average molecular weight is 340 g/mol. The Morgan fingerprint density at radius 2 is 1.72 bits per heavy atom. The van der Waals surface area contributed by atoms with Gasteiger partial charge in [-0.3, -0.25) is 4.79 Å². The van der Waals surface area contributed by atoms with Crippen LogP contribution in [0.15, 0.2) is 24.3 Å². The van der Waals surface area contributed by atoms with Crippen LogP contribution in [0.5, 0.6) is 0 Å². The summed E-state index contributed by atoms with van der Waals surface area (Å²) < 4.78 is 0. The van der Waals surface area contributed by atoms with E-state index in [0.717, 1.165) is 42.1 Å². The monoisotopic (exact) mass is 339 g/mol. The van der Waals surface area contributed by atoms with E-state index in [9.17, 15) is 4.79 Å². The maximum Gasteiger partial charge on any atom is 0.230 e. The first kappa shape index (κ1) is 17.1. The summed E-state index contributed by atoms with van der Waals surface area (Å²) in [6.07, 6.45) is 9.09. The van der Waals surface area contributed by atoms with Crippen LogP contribution < -0.4 is 5.32 Å². The maximum absolute atomic E-state index is 13.2. The molecule has 0 heterocycles. The van der Waals surface area contributed by atoms with Crippen LogP contribution in [0.2, 0.25) is 0 Å². The molecule has 4 aliphatic rings. The van der Waals surface area contributed by atoms with E-state index in [2.05, 4.69) is 50.4 Å². The Bertz CT molecular complexity index is 619. The zero-order chi connectivity index (χ0) is 17.6. The normalized spacial score (nSPS) is 33.5. The molecule has 0 aliphatic heterocycles. The molecule has 2 nitrogen and oxygen atoms in total. The van der Waals surface area contributed by atoms with Gasteiger partial charge in [0, 0.05) is 6.04 Å². The Labute approximate surface area is 152 Å². The molecule has 1 N–H and O–H groups in total. The second kappa shape index (κ2) is 6.45. The van der Waals surface area contributed by atoms with Crippen LogP contribution >= 0.6 is 0 Å². The molecule has 0 saturated heterocycles. The third-order valence-corrected chi connectivity index (χ3v) is 7.28. The van der Waals surface area contributed by atoms with Crippen molar-refractivity contribution in [2.75, 3.05) is 0 Å². The van der Waals surface area contributed by atoms with E-state index >= 15 is 0 Å². The highest BCUT2D eigenvalue weighted by Gasteiger charge is 2.49. The number of carbonyl (C=O) groups is 1. The van der Waals surface area contributed by atoms with E-state index in [0.29, 0.717) is 6.04 Å². The molecule has 25 heavy (non-hydrogen) atoms. The lowest BCUT2D eigenvalue weighted by Gasteiger charge is -2.54. The highest BCUT2D eigenvalue weighted by atomic mass is 16.2. The molecular weight excluding hydrogens is 306 g/mol. The second-order valence-electron chi connectivity index (χ2n) is 9.51. The highest BCUT2D eigenvalue weighted by Crippen LogP contribution is 2.53. The molecule has 0 aromatic heterocycles. The van der Waals surface area contributed by atoms with Crippen molar-refractivity contribution >= 4 is 5.91 Å². The van der Waals surface area contributed by atoms with Gasteiger partial charge in [-0.05, 0) is 87.2 Å². The SMILES string of the molecule is CCCc1cccc(C(C)(C)C(=O)NC2C3CC4CC(C3)CC2C4)c1. The molecule has 4 saturated carbocycles. The van der Waals surface area contributed by atoms with Crippen LogP contribution in [-0.2, 0) is 16.6 Å². The number of hydrogen-bond donors (Lipinski definition) is 1. The molecule has 4 aliphatic carbocycles. The van der Waals surface area contributed by atoms with Gasteiger partial charge < -0.3 is 5.32 Å². The molecule has 1 amide bonds. The second-order valence-corrected chi connectivity index (χ2v) is 9.51. The van der Waals surface area contributed by atoms with Crippen LogP contribution in [0.3, 0.4) is 0 Å². The van der Waals surface area contributed by atoms with Crippen LogP contribution in [0.1, 0.15) is 70.4 Å². The molecule has 0 radical (unpaired) electrons. The van der Waals surface area contributed by atoms with Crippen molar-refractivity contribution in [3.63, 3.8) is 0 Å². The van der Waals surface area contributed by atoms with Gasteiger partial charge in [-0.1, -0.05) is 37.6 Å². The molecule has 136 valence electrons. The fourth-order valence-electron chi connectivity index (χ4n) is 6.03. The fourth-order valence-corrected chi connectivity index (χ4v) is 6.03. The van der Waals surface area contributed by atoms with E-state index in [1.807, 2.05) is 0 Å². The molecule has 4 fully saturated rings. The Kier molecular flexibility index (Phi) is 4.42.